The molecule has 1 N–H and O–H groups in total. The van der Waals surface area contributed by atoms with Crippen LogP contribution < -0.4 is 5.32 Å². The number of halogens is 1. The van der Waals surface area contributed by atoms with Gasteiger partial charge >= 0.3 is 0 Å². The number of furan rings is 1. The molecule has 2 aromatic rings. The van der Waals surface area contributed by atoms with Crippen molar-refractivity contribution in [2.45, 2.75) is 18.9 Å². The molecule has 1 aliphatic rings. The highest BCUT2D eigenvalue weighted by Gasteiger charge is 2.28. The molecule has 3 rings (SSSR count). The number of carbonyl (C=O) groups is 2. The molecular weight excluding hydrogens is 422 g/mol. The van der Waals surface area contributed by atoms with Crippen LogP contribution >= 0.6 is 15.9 Å². The highest BCUT2D eigenvalue weighted by atomic mass is 79.9. The molecule has 0 saturated carbocycles. The topological polar surface area (TPSA) is 65.8 Å². The second-order valence-electron chi connectivity index (χ2n) is 7.31. The van der Waals surface area contributed by atoms with Crippen molar-refractivity contribution in [2.24, 2.45) is 5.92 Å². The minimum atomic E-state index is -0.0617. The van der Waals surface area contributed by atoms with Crippen LogP contribution in [-0.2, 0) is 4.79 Å². The number of amides is 2. The molecule has 6 nitrogen and oxygen atoms in total. The number of piperidine rings is 1. The summed E-state index contributed by atoms with van der Waals surface area (Å²) in [5.74, 6) is 0.847. The van der Waals surface area contributed by atoms with Gasteiger partial charge in [0.15, 0.2) is 0 Å². The molecule has 0 spiro atoms. The van der Waals surface area contributed by atoms with E-state index in [1.165, 1.54) is 0 Å². The van der Waals surface area contributed by atoms with Gasteiger partial charge in [0.2, 0.25) is 5.91 Å². The van der Waals surface area contributed by atoms with Crippen molar-refractivity contribution in [3.8, 4) is 0 Å². The van der Waals surface area contributed by atoms with Crippen LogP contribution in [0.4, 0.5) is 0 Å². The lowest BCUT2D eigenvalue weighted by atomic mass is 9.95. The molecule has 1 saturated heterocycles. The normalized spacial score (nSPS) is 16.2. The van der Waals surface area contributed by atoms with Gasteiger partial charge in [-0.15, -0.1) is 0 Å². The number of nitrogens with one attached hydrogen (secondary N) is 1. The van der Waals surface area contributed by atoms with Gasteiger partial charge < -0.3 is 14.6 Å². The van der Waals surface area contributed by atoms with Crippen LogP contribution in [0.3, 0.4) is 0 Å². The largest absolute Gasteiger partial charge is 0.468 e. The zero-order chi connectivity index (χ0) is 20.1. The number of likely N-dealkylation sites (N-methyl/N-ethyl adjacent to an activating group) is 1. The molecule has 1 aromatic heterocycles. The fraction of sp³-hybridized carbons (Fsp3) is 0.429. The maximum Gasteiger partial charge on any atom is 0.253 e. The van der Waals surface area contributed by atoms with Crippen LogP contribution in [0.2, 0.25) is 0 Å². The van der Waals surface area contributed by atoms with E-state index in [9.17, 15) is 9.59 Å². The zero-order valence-electron chi connectivity index (χ0n) is 16.2. The summed E-state index contributed by atoms with van der Waals surface area (Å²) in [7, 11) is 3.93. The first-order chi connectivity index (χ1) is 13.5. The van der Waals surface area contributed by atoms with E-state index >= 15 is 0 Å². The lowest BCUT2D eigenvalue weighted by Gasteiger charge is -2.32. The Balaban J connectivity index is 1.49. The number of hydrogen-bond donors (Lipinski definition) is 1. The predicted octanol–water partition coefficient (Wildman–Crippen LogP) is 3.31. The smallest absolute Gasteiger partial charge is 0.253 e. The molecule has 7 heteroatoms. The van der Waals surface area contributed by atoms with Gasteiger partial charge in [-0.1, -0.05) is 15.9 Å². The molecule has 1 aliphatic heterocycles. The molecule has 1 atom stereocenters. The Labute approximate surface area is 174 Å². The number of carbonyl (C=O) groups excluding carboxylic acids is 2. The van der Waals surface area contributed by atoms with E-state index in [1.807, 2.05) is 60.3 Å². The third kappa shape index (κ3) is 5.02. The minimum absolute atomic E-state index is 0.00183. The van der Waals surface area contributed by atoms with Gasteiger partial charge in [0.25, 0.3) is 5.91 Å². The molecular formula is C21H26BrN3O3. The molecule has 0 aliphatic carbocycles. The van der Waals surface area contributed by atoms with Crippen molar-refractivity contribution < 1.29 is 14.0 Å². The van der Waals surface area contributed by atoms with Gasteiger partial charge in [-0.25, -0.2) is 0 Å². The van der Waals surface area contributed by atoms with Crippen LogP contribution in [-0.4, -0.2) is 55.3 Å². The SMILES string of the molecule is CN(C)C(CNC(=O)C1CCN(C(=O)c2ccc(Br)cc2)CC1)c1ccco1. The van der Waals surface area contributed by atoms with Crippen molar-refractivity contribution in [2.75, 3.05) is 33.7 Å². The summed E-state index contributed by atoms with van der Waals surface area (Å²) in [5.41, 5.74) is 0.679. The summed E-state index contributed by atoms with van der Waals surface area (Å²) in [4.78, 5) is 29.1. The van der Waals surface area contributed by atoms with E-state index in [-0.39, 0.29) is 23.8 Å². The molecule has 1 aromatic carbocycles. The summed E-state index contributed by atoms with van der Waals surface area (Å²) >= 11 is 3.38. The van der Waals surface area contributed by atoms with Gasteiger partial charge in [0, 0.05) is 35.6 Å². The number of likely N-dealkylation sites (tertiary alicyclic amines) is 1. The lowest BCUT2D eigenvalue weighted by molar-refractivity contribution is -0.126. The highest BCUT2D eigenvalue weighted by molar-refractivity contribution is 9.10. The Bertz CT molecular complexity index is 782. The van der Waals surface area contributed by atoms with Crippen LogP contribution in [0.5, 0.6) is 0 Å². The van der Waals surface area contributed by atoms with Gasteiger partial charge in [-0.3, -0.25) is 14.5 Å². The molecule has 0 bridgehead atoms. The fourth-order valence-corrected chi connectivity index (χ4v) is 3.74. The van der Waals surface area contributed by atoms with E-state index in [0.717, 1.165) is 10.2 Å². The summed E-state index contributed by atoms with van der Waals surface area (Å²) in [6.07, 6.45) is 3.01. The zero-order valence-corrected chi connectivity index (χ0v) is 17.8. The van der Waals surface area contributed by atoms with Crippen LogP contribution in [0.15, 0.2) is 51.6 Å². The van der Waals surface area contributed by atoms with Crippen molar-refractivity contribution in [3.63, 3.8) is 0 Å². The highest BCUT2D eigenvalue weighted by Crippen LogP contribution is 2.22. The van der Waals surface area contributed by atoms with E-state index in [4.69, 9.17) is 4.42 Å². The summed E-state index contributed by atoms with van der Waals surface area (Å²) in [5, 5.41) is 3.05. The van der Waals surface area contributed by atoms with Gasteiger partial charge in [0.1, 0.15) is 5.76 Å². The van der Waals surface area contributed by atoms with Gasteiger partial charge in [-0.2, -0.15) is 0 Å². The summed E-state index contributed by atoms with van der Waals surface area (Å²) < 4.78 is 6.43. The van der Waals surface area contributed by atoms with Crippen molar-refractivity contribution >= 4 is 27.7 Å². The third-order valence-electron chi connectivity index (χ3n) is 5.21. The first kappa shape index (κ1) is 20.6. The molecule has 2 amide bonds. The summed E-state index contributed by atoms with van der Waals surface area (Å²) in [6.45, 7) is 1.70. The Morgan fingerprint density at radius 2 is 1.89 bits per heavy atom. The molecule has 2 heterocycles. The first-order valence-electron chi connectivity index (χ1n) is 9.48. The van der Waals surface area contributed by atoms with Crippen LogP contribution in [0.25, 0.3) is 0 Å². The van der Waals surface area contributed by atoms with Gasteiger partial charge in [0.05, 0.1) is 12.3 Å². The standard InChI is InChI=1S/C21H26BrN3O3/c1-24(2)18(19-4-3-13-28-19)14-23-20(26)15-9-11-25(12-10-15)21(27)16-5-7-17(22)8-6-16/h3-8,13,15,18H,9-12,14H2,1-2H3,(H,23,26). The molecule has 1 unspecified atom stereocenters. The maximum absolute atomic E-state index is 12.6. The average Bonchev–Trinajstić information content (AvgIpc) is 3.22. The van der Waals surface area contributed by atoms with Crippen molar-refractivity contribution in [1.82, 2.24) is 15.1 Å². The maximum atomic E-state index is 12.6. The number of rotatable bonds is 6. The van der Waals surface area contributed by atoms with Crippen molar-refractivity contribution in [3.05, 3.63) is 58.5 Å². The molecule has 1 fully saturated rings. The third-order valence-corrected chi connectivity index (χ3v) is 5.74. The van der Waals surface area contributed by atoms with E-state index in [2.05, 4.69) is 21.2 Å². The number of nitrogens with zero attached hydrogens (tertiary/aromatic N) is 2. The second-order valence-corrected chi connectivity index (χ2v) is 8.23. The minimum Gasteiger partial charge on any atom is -0.468 e. The first-order valence-corrected chi connectivity index (χ1v) is 10.3. The van der Waals surface area contributed by atoms with Crippen LogP contribution in [0, 0.1) is 5.92 Å². The monoisotopic (exact) mass is 447 g/mol. The van der Waals surface area contributed by atoms with E-state index in [1.54, 1.807) is 6.26 Å². The quantitative estimate of drug-likeness (QED) is 0.737. The van der Waals surface area contributed by atoms with Crippen molar-refractivity contribution in [1.29, 1.82) is 0 Å². The predicted molar refractivity (Wildman–Crippen MR) is 111 cm³/mol. The molecule has 28 heavy (non-hydrogen) atoms. The number of benzene rings is 1. The Kier molecular flexibility index (Phi) is 6.91. The molecule has 0 radical (unpaired) electrons. The van der Waals surface area contributed by atoms with E-state index < -0.39 is 0 Å². The Morgan fingerprint density at radius 3 is 2.46 bits per heavy atom. The van der Waals surface area contributed by atoms with E-state index in [0.29, 0.717) is 38.0 Å². The average molecular weight is 448 g/mol. The number of hydrogen-bond acceptors (Lipinski definition) is 4. The second kappa shape index (κ2) is 9.39. The lowest BCUT2D eigenvalue weighted by Crippen LogP contribution is -2.44. The molecule has 150 valence electrons. The Morgan fingerprint density at radius 1 is 1.21 bits per heavy atom. The fourth-order valence-electron chi connectivity index (χ4n) is 3.48. The van der Waals surface area contributed by atoms with Gasteiger partial charge in [-0.05, 0) is 63.3 Å². The van der Waals surface area contributed by atoms with Crippen LogP contribution in [0.1, 0.15) is 35.0 Å². The Hall–Kier alpha value is -2.12. The summed E-state index contributed by atoms with van der Waals surface area (Å²) in [6, 6.07) is 11.1.